The van der Waals surface area contributed by atoms with Crippen LogP contribution in [0.25, 0.3) is 0 Å². The maximum absolute atomic E-state index is 13.4. The number of benzene rings is 2. The van der Waals surface area contributed by atoms with Crippen LogP contribution in [0, 0.1) is 17.7 Å². The topological polar surface area (TPSA) is 113 Å². The van der Waals surface area contributed by atoms with Crippen LogP contribution in [0.3, 0.4) is 0 Å². The summed E-state index contributed by atoms with van der Waals surface area (Å²) >= 11 is 0. The van der Waals surface area contributed by atoms with Gasteiger partial charge in [0.25, 0.3) is 0 Å². The van der Waals surface area contributed by atoms with Gasteiger partial charge in [-0.2, -0.15) is 0 Å². The molecule has 0 radical (unpaired) electrons. The van der Waals surface area contributed by atoms with Crippen molar-refractivity contribution in [2.24, 2.45) is 11.8 Å². The van der Waals surface area contributed by atoms with Gasteiger partial charge in [0.1, 0.15) is 17.3 Å². The number of fused-ring (bicyclic) bond motifs is 1. The van der Waals surface area contributed by atoms with Crippen molar-refractivity contribution in [3.8, 4) is 11.5 Å². The lowest BCUT2D eigenvalue weighted by molar-refractivity contribution is -0.161. The number of rotatable bonds is 7. The van der Waals surface area contributed by atoms with Crippen molar-refractivity contribution >= 4 is 11.9 Å². The summed E-state index contributed by atoms with van der Waals surface area (Å²) in [6, 6.07) is 10.8. The SMILES string of the molecule is CC(C)CC(O)(Cc1ccccc1F)C(=O)O.COC(=O)C1(C(C)C)Cc2cc(O)ccc2O1. The van der Waals surface area contributed by atoms with E-state index in [0.717, 1.165) is 5.56 Å². The molecule has 8 heteroatoms. The molecule has 2 aromatic carbocycles. The van der Waals surface area contributed by atoms with Crippen molar-refractivity contribution in [2.75, 3.05) is 7.11 Å². The van der Waals surface area contributed by atoms with E-state index in [1.165, 1.54) is 25.3 Å². The standard InChI is InChI=1S/C13H17FO3.C13H16O4/c1-9(2)7-13(17,12(15)16)8-10-5-3-4-6-11(10)14;1-8(2)13(12(15)16-3)7-9-6-10(14)4-5-11(9)17-13/h3-6,9,17H,7-8H2,1-2H3,(H,15,16);4-6,8,14H,7H2,1-3H3. The molecule has 1 aliphatic rings. The minimum Gasteiger partial charge on any atom is -0.508 e. The van der Waals surface area contributed by atoms with Gasteiger partial charge >= 0.3 is 11.9 Å². The van der Waals surface area contributed by atoms with Crippen LogP contribution in [0.5, 0.6) is 11.5 Å². The van der Waals surface area contributed by atoms with Gasteiger partial charge in [-0.1, -0.05) is 45.9 Å². The Balaban J connectivity index is 0.000000240. The first-order valence-corrected chi connectivity index (χ1v) is 11.1. The number of carboxylic acid groups (broad SMARTS) is 1. The number of carbonyl (C=O) groups is 2. The highest BCUT2D eigenvalue weighted by Gasteiger charge is 2.50. The first kappa shape index (κ1) is 27.1. The number of ether oxygens (including phenoxy) is 2. The Morgan fingerprint density at radius 3 is 2.35 bits per heavy atom. The molecule has 34 heavy (non-hydrogen) atoms. The van der Waals surface area contributed by atoms with Gasteiger partial charge in [0.15, 0.2) is 5.60 Å². The molecular formula is C26H33FO7. The van der Waals surface area contributed by atoms with Crippen molar-refractivity contribution in [3.05, 3.63) is 59.4 Å². The molecule has 2 atom stereocenters. The molecule has 2 unspecified atom stereocenters. The van der Waals surface area contributed by atoms with E-state index in [9.17, 15) is 24.2 Å². The zero-order valence-corrected chi connectivity index (χ0v) is 20.2. The van der Waals surface area contributed by atoms with Gasteiger partial charge in [0.2, 0.25) is 5.60 Å². The molecule has 0 amide bonds. The Hall–Kier alpha value is -3.13. The molecule has 0 saturated carbocycles. The molecule has 186 valence electrons. The fourth-order valence-corrected chi connectivity index (χ4v) is 4.03. The van der Waals surface area contributed by atoms with Gasteiger partial charge in [0, 0.05) is 24.3 Å². The fraction of sp³-hybridized carbons (Fsp3) is 0.462. The van der Waals surface area contributed by atoms with E-state index in [4.69, 9.17) is 14.6 Å². The van der Waals surface area contributed by atoms with Crippen molar-refractivity contribution in [1.29, 1.82) is 0 Å². The van der Waals surface area contributed by atoms with E-state index in [1.54, 1.807) is 24.3 Å². The minimum absolute atomic E-state index is 0.00973. The quantitative estimate of drug-likeness (QED) is 0.515. The maximum Gasteiger partial charge on any atom is 0.350 e. The van der Waals surface area contributed by atoms with E-state index in [0.29, 0.717) is 12.2 Å². The molecule has 3 rings (SSSR count). The second-order valence-electron chi connectivity index (χ2n) is 9.31. The maximum atomic E-state index is 13.4. The van der Waals surface area contributed by atoms with Gasteiger partial charge < -0.3 is 24.8 Å². The zero-order valence-electron chi connectivity index (χ0n) is 20.2. The number of carbonyl (C=O) groups excluding carboxylic acids is 1. The number of hydrogen-bond donors (Lipinski definition) is 3. The first-order valence-electron chi connectivity index (χ1n) is 11.1. The number of halogens is 1. The molecule has 1 aliphatic heterocycles. The minimum atomic E-state index is -1.91. The van der Waals surface area contributed by atoms with Crippen molar-refractivity contribution in [3.63, 3.8) is 0 Å². The number of phenols is 1. The van der Waals surface area contributed by atoms with Gasteiger partial charge in [0.05, 0.1) is 7.11 Å². The summed E-state index contributed by atoms with van der Waals surface area (Å²) in [6.45, 7) is 7.47. The molecule has 0 fully saturated rings. The van der Waals surface area contributed by atoms with Crippen LogP contribution in [0.4, 0.5) is 4.39 Å². The fourth-order valence-electron chi connectivity index (χ4n) is 4.03. The van der Waals surface area contributed by atoms with Gasteiger partial charge in [-0.05, 0) is 42.2 Å². The number of phenolic OH excluding ortho intramolecular Hbond substituents is 1. The van der Waals surface area contributed by atoms with Gasteiger partial charge in [-0.3, -0.25) is 0 Å². The Bertz CT molecular complexity index is 1020. The van der Waals surface area contributed by atoms with E-state index in [-0.39, 0.29) is 42.0 Å². The summed E-state index contributed by atoms with van der Waals surface area (Å²) in [6.07, 6.45) is 0.310. The summed E-state index contributed by atoms with van der Waals surface area (Å²) in [5.41, 5.74) is -1.82. The summed E-state index contributed by atoms with van der Waals surface area (Å²) in [7, 11) is 1.36. The Kier molecular flexibility index (Phi) is 8.66. The van der Waals surface area contributed by atoms with Crippen LogP contribution in [-0.4, -0.2) is 45.6 Å². The van der Waals surface area contributed by atoms with Crippen molar-refractivity contribution in [1.82, 2.24) is 0 Å². The van der Waals surface area contributed by atoms with E-state index in [1.807, 2.05) is 27.7 Å². The Morgan fingerprint density at radius 1 is 1.18 bits per heavy atom. The highest BCUT2D eigenvalue weighted by Crippen LogP contribution is 2.41. The zero-order chi connectivity index (χ0) is 25.7. The summed E-state index contributed by atoms with van der Waals surface area (Å²) in [4.78, 5) is 23.0. The van der Waals surface area contributed by atoms with Crippen LogP contribution in [0.1, 0.15) is 45.2 Å². The lowest BCUT2D eigenvalue weighted by Gasteiger charge is -2.29. The van der Waals surface area contributed by atoms with Crippen LogP contribution < -0.4 is 4.74 Å². The molecular weight excluding hydrogens is 443 g/mol. The van der Waals surface area contributed by atoms with E-state index in [2.05, 4.69) is 0 Å². The third kappa shape index (κ3) is 6.05. The molecule has 0 aliphatic carbocycles. The molecule has 0 spiro atoms. The number of hydrogen-bond acceptors (Lipinski definition) is 6. The smallest absolute Gasteiger partial charge is 0.350 e. The van der Waals surface area contributed by atoms with E-state index < -0.39 is 23.0 Å². The first-order chi connectivity index (χ1) is 15.8. The lowest BCUT2D eigenvalue weighted by atomic mass is 9.86. The molecule has 0 bridgehead atoms. The monoisotopic (exact) mass is 476 g/mol. The second kappa shape index (κ2) is 10.9. The van der Waals surface area contributed by atoms with Crippen molar-refractivity contribution < 1.29 is 38.8 Å². The highest BCUT2D eigenvalue weighted by atomic mass is 19.1. The lowest BCUT2D eigenvalue weighted by Crippen LogP contribution is -2.49. The number of aliphatic carboxylic acids is 1. The van der Waals surface area contributed by atoms with Gasteiger partial charge in [-0.15, -0.1) is 0 Å². The average Bonchev–Trinajstić information content (AvgIpc) is 3.15. The molecule has 1 heterocycles. The summed E-state index contributed by atoms with van der Waals surface area (Å²) in [5.74, 6) is -1.35. The summed E-state index contributed by atoms with van der Waals surface area (Å²) in [5, 5.41) is 28.6. The number of aliphatic hydroxyl groups is 1. The molecule has 2 aromatic rings. The van der Waals surface area contributed by atoms with Crippen LogP contribution in [-0.2, 0) is 27.2 Å². The largest absolute Gasteiger partial charge is 0.508 e. The Labute approximate surface area is 199 Å². The highest BCUT2D eigenvalue weighted by molar-refractivity contribution is 5.82. The number of aromatic hydroxyl groups is 1. The molecule has 7 nitrogen and oxygen atoms in total. The van der Waals surface area contributed by atoms with Crippen LogP contribution in [0.15, 0.2) is 42.5 Å². The van der Waals surface area contributed by atoms with Crippen LogP contribution >= 0.6 is 0 Å². The van der Waals surface area contributed by atoms with Gasteiger partial charge in [-0.25, -0.2) is 14.0 Å². The second-order valence-corrected chi connectivity index (χ2v) is 9.31. The van der Waals surface area contributed by atoms with E-state index >= 15 is 0 Å². The molecule has 3 N–H and O–H groups in total. The number of methoxy groups -OCH3 is 1. The average molecular weight is 477 g/mol. The normalized spacial score (nSPS) is 18.4. The van der Waals surface area contributed by atoms with Crippen molar-refractivity contribution in [2.45, 2.75) is 58.2 Å². The predicted octanol–water partition coefficient (Wildman–Crippen LogP) is 4.12. The Morgan fingerprint density at radius 2 is 1.82 bits per heavy atom. The number of esters is 1. The predicted molar refractivity (Wildman–Crippen MR) is 124 cm³/mol. The molecule has 0 aromatic heterocycles. The summed E-state index contributed by atoms with van der Waals surface area (Å²) < 4.78 is 24.0. The molecule has 0 saturated heterocycles. The third-order valence-electron chi connectivity index (χ3n) is 5.84. The number of carboxylic acids is 1. The van der Waals surface area contributed by atoms with Crippen LogP contribution in [0.2, 0.25) is 0 Å². The third-order valence-corrected chi connectivity index (χ3v) is 5.84.